The molecule has 1 heterocycles. The van der Waals surface area contributed by atoms with Gasteiger partial charge in [0.2, 0.25) is 0 Å². The van der Waals surface area contributed by atoms with Crippen molar-refractivity contribution in [2.45, 2.75) is 58.5 Å². The van der Waals surface area contributed by atoms with Gasteiger partial charge in [0.1, 0.15) is 0 Å². The van der Waals surface area contributed by atoms with E-state index in [1.807, 2.05) is 0 Å². The van der Waals surface area contributed by atoms with Crippen molar-refractivity contribution in [2.24, 2.45) is 5.92 Å². The van der Waals surface area contributed by atoms with Crippen molar-refractivity contribution < 1.29 is 5.11 Å². The minimum atomic E-state index is 0.129. The molecule has 0 aliphatic heterocycles. The van der Waals surface area contributed by atoms with Gasteiger partial charge in [0.15, 0.2) is 0 Å². The van der Waals surface area contributed by atoms with Crippen molar-refractivity contribution in [3.05, 3.63) is 17.0 Å². The molecule has 1 fully saturated rings. The number of nitrogens with one attached hydrogen (secondary N) is 1. The number of aromatic amines is 1. The molecule has 0 radical (unpaired) electrons. The largest absolute Gasteiger partial charge is 0.392 e. The maximum absolute atomic E-state index is 9.50. The summed E-state index contributed by atoms with van der Waals surface area (Å²) in [5.41, 5.74) is 3.34. The minimum absolute atomic E-state index is 0.129. The number of rotatable bonds is 4. The van der Waals surface area contributed by atoms with Gasteiger partial charge < -0.3 is 5.11 Å². The Morgan fingerprint density at radius 1 is 1.38 bits per heavy atom. The van der Waals surface area contributed by atoms with Crippen LogP contribution in [0.3, 0.4) is 0 Å². The Morgan fingerprint density at radius 3 is 2.62 bits per heavy atom. The first-order chi connectivity index (χ1) is 7.72. The average molecular weight is 222 g/mol. The normalized spacial score (nSPS) is 17.5. The topological polar surface area (TPSA) is 48.9 Å². The fourth-order valence-corrected chi connectivity index (χ4v) is 2.71. The van der Waals surface area contributed by atoms with Crippen LogP contribution >= 0.6 is 0 Å². The summed E-state index contributed by atoms with van der Waals surface area (Å²) in [6.07, 6.45) is 6.07. The molecule has 2 N–H and O–H groups in total. The summed E-state index contributed by atoms with van der Waals surface area (Å²) in [5, 5.41) is 17.1. The van der Waals surface area contributed by atoms with Crippen LogP contribution in [-0.4, -0.2) is 15.3 Å². The summed E-state index contributed by atoms with van der Waals surface area (Å²) in [6, 6.07) is 0. The second kappa shape index (κ2) is 5.00. The summed E-state index contributed by atoms with van der Waals surface area (Å²) in [7, 11) is 0. The lowest BCUT2D eigenvalue weighted by molar-refractivity contribution is 0.278. The van der Waals surface area contributed by atoms with Crippen LogP contribution in [0.4, 0.5) is 0 Å². The van der Waals surface area contributed by atoms with Gasteiger partial charge in [0.05, 0.1) is 12.3 Å². The summed E-state index contributed by atoms with van der Waals surface area (Å²) >= 11 is 0. The van der Waals surface area contributed by atoms with Crippen LogP contribution in [0.1, 0.15) is 62.4 Å². The number of hydrogen-bond acceptors (Lipinski definition) is 2. The fourth-order valence-electron chi connectivity index (χ4n) is 2.71. The van der Waals surface area contributed by atoms with Crippen molar-refractivity contribution in [1.82, 2.24) is 10.2 Å². The summed E-state index contributed by atoms with van der Waals surface area (Å²) < 4.78 is 0. The molecule has 1 aliphatic rings. The number of aliphatic hydroxyl groups is 1. The Hall–Kier alpha value is -0.830. The van der Waals surface area contributed by atoms with Crippen LogP contribution < -0.4 is 0 Å². The van der Waals surface area contributed by atoms with E-state index in [1.54, 1.807) is 0 Å². The maximum atomic E-state index is 9.50. The van der Waals surface area contributed by atoms with Gasteiger partial charge in [-0.05, 0) is 25.2 Å². The van der Waals surface area contributed by atoms with E-state index in [0.717, 1.165) is 23.4 Å². The molecule has 0 bridgehead atoms. The molecule has 0 saturated heterocycles. The Morgan fingerprint density at radius 2 is 2.06 bits per heavy atom. The molecule has 2 rings (SSSR count). The molecule has 0 spiro atoms. The van der Waals surface area contributed by atoms with E-state index < -0.39 is 0 Å². The zero-order chi connectivity index (χ0) is 11.5. The van der Waals surface area contributed by atoms with E-state index in [2.05, 4.69) is 24.0 Å². The zero-order valence-corrected chi connectivity index (χ0v) is 10.3. The quantitative estimate of drug-likeness (QED) is 0.823. The molecule has 3 nitrogen and oxygen atoms in total. The number of nitrogens with zero attached hydrogens (tertiary/aromatic N) is 1. The molecule has 1 aliphatic carbocycles. The highest BCUT2D eigenvalue weighted by molar-refractivity contribution is 5.28. The second-order valence-corrected chi connectivity index (χ2v) is 5.30. The van der Waals surface area contributed by atoms with E-state index in [-0.39, 0.29) is 6.61 Å². The Bertz CT molecular complexity index is 338. The highest BCUT2D eigenvalue weighted by Gasteiger charge is 2.24. The lowest BCUT2D eigenvalue weighted by Crippen LogP contribution is -2.01. The standard InChI is InChI=1S/C13H22N2O/c1-9(2)7-12-11(8-16)13(15-14-12)10-5-3-4-6-10/h9-10,16H,3-8H2,1-2H3,(H,14,15). The van der Waals surface area contributed by atoms with Crippen LogP contribution in [0.25, 0.3) is 0 Å². The monoisotopic (exact) mass is 222 g/mol. The van der Waals surface area contributed by atoms with Crippen molar-refractivity contribution >= 4 is 0 Å². The van der Waals surface area contributed by atoms with Gasteiger partial charge in [0.25, 0.3) is 0 Å². The van der Waals surface area contributed by atoms with Crippen molar-refractivity contribution in [1.29, 1.82) is 0 Å². The lowest BCUT2D eigenvalue weighted by Gasteiger charge is -2.09. The van der Waals surface area contributed by atoms with Gasteiger partial charge in [-0.1, -0.05) is 26.7 Å². The Balaban J connectivity index is 2.21. The molecule has 0 amide bonds. The van der Waals surface area contributed by atoms with Crippen LogP contribution in [0, 0.1) is 5.92 Å². The van der Waals surface area contributed by atoms with Crippen LogP contribution in [0.15, 0.2) is 0 Å². The van der Waals surface area contributed by atoms with Crippen LogP contribution in [-0.2, 0) is 13.0 Å². The highest BCUT2D eigenvalue weighted by Crippen LogP contribution is 2.35. The first-order valence-electron chi connectivity index (χ1n) is 6.39. The van der Waals surface area contributed by atoms with E-state index >= 15 is 0 Å². The van der Waals surface area contributed by atoms with Gasteiger partial charge >= 0.3 is 0 Å². The van der Waals surface area contributed by atoms with Crippen molar-refractivity contribution in [2.75, 3.05) is 0 Å². The Labute approximate surface area is 97.3 Å². The van der Waals surface area contributed by atoms with Gasteiger partial charge in [-0.25, -0.2) is 0 Å². The summed E-state index contributed by atoms with van der Waals surface area (Å²) in [6.45, 7) is 4.51. The van der Waals surface area contributed by atoms with Gasteiger partial charge in [0, 0.05) is 17.2 Å². The van der Waals surface area contributed by atoms with E-state index in [1.165, 1.54) is 25.7 Å². The zero-order valence-electron chi connectivity index (χ0n) is 10.3. The molecule has 1 aromatic heterocycles. The smallest absolute Gasteiger partial charge is 0.0718 e. The molecular weight excluding hydrogens is 200 g/mol. The van der Waals surface area contributed by atoms with Gasteiger partial charge in [-0.2, -0.15) is 5.10 Å². The first-order valence-corrected chi connectivity index (χ1v) is 6.39. The average Bonchev–Trinajstić information content (AvgIpc) is 2.84. The molecule has 3 heteroatoms. The molecule has 0 aromatic carbocycles. The van der Waals surface area contributed by atoms with Crippen molar-refractivity contribution in [3.63, 3.8) is 0 Å². The van der Waals surface area contributed by atoms with Gasteiger partial charge in [-0.15, -0.1) is 0 Å². The molecule has 1 saturated carbocycles. The molecule has 0 unspecified atom stereocenters. The Kier molecular flexibility index (Phi) is 3.64. The molecule has 1 aromatic rings. The lowest BCUT2D eigenvalue weighted by atomic mass is 9.96. The minimum Gasteiger partial charge on any atom is -0.392 e. The summed E-state index contributed by atoms with van der Waals surface area (Å²) in [5.74, 6) is 1.18. The number of aromatic nitrogens is 2. The van der Waals surface area contributed by atoms with E-state index in [9.17, 15) is 5.11 Å². The summed E-state index contributed by atoms with van der Waals surface area (Å²) in [4.78, 5) is 0. The molecule has 16 heavy (non-hydrogen) atoms. The van der Waals surface area contributed by atoms with Crippen LogP contribution in [0.5, 0.6) is 0 Å². The number of H-pyrrole nitrogens is 1. The van der Waals surface area contributed by atoms with Gasteiger partial charge in [-0.3, -0.25) is 5.10 Å². The SMILES string of the molecule is CC(C)Cc1[nH]nc(C2CCCC2)c1CO. The molecule has 90 valence electrons. The predicted molar refractivity (Wildman–Crippen MR) is 64.3 cm³/mol. The third-order valence-corrected chi connectivity index (χ3v) is 3.50. The van der Waals surface area contributed by atoms with Crippen molar-refractivity contribution in [3.8, 4) is 0 Å². The second-order valence-electron chi connectivity index (χ2n) is 5.30. The number of hydrogen-bond donors (Lipinski definition) is 2. The number of aliphatic hydroxyl groups excluding tert-OH is 1. The van der Waals surface area contributed by atoms with E-state index in [0.29, 0.717) is 11.8 Å². The predicted octanol–water partition coefficient (Wildman–Crippen LogP) is 2.76. The molecule has 0 atom stereocenters. The van der Waals surface area contributed by atoms with Crippen LogP contribution in [0.2, 0.25) is 0 Å². The third-order valence-electron chi connectivity index (χ3n) is 3.50. The third kappa shape index (κ3) is 2.29. The fraction of sp³-hybridized carbons (Fsp3) is 0.769. The highest BCUT2D eigenvalue weighted by atomic mass is 16.3. The first kappa shape index (κ1) is 11.6. The van der Waals surface area contributed by atoms with E-state index in [4.69, 9.17) is 0 Å². The maximum Gasteiger partial charge on any atom is 0.0718 e. The molecular formula is C13H22N2O.